The highest BCUT2D eigenvalue weighted by atomic mass is 16.3. The number of aldehydes is 1. The van der Waals surface area contributed by atoms with Gasteiger partial charge in [-0.25, -0.2) is 0 Å². The lowest BCUT2D eigenvalue weighted by molar-refractivity contribution is -0.140. The summed E-state index contributed by atoms with van der Waals surface area (Å²) in [6, 6.07) is 0. The van der Waals surface area contributed by atoms with Crippen LogP contribution in [0.4, 0.5) is 0 Å². The molecule has 1 saturated carbocycles. The number of hydrogen-bond donors (Lipinski definition) is 2. The van der Waals surface area contributed by atoms with E-state index in [1.54, 1.807) is 13.8 Å². The van der Waals surface area contributed by atoms with Crippen LogP contribution in [-0.2, 0) is 14.4 Å². The Morgan fingerprint density at radius 1 is 1.08 bits per heavy atom. The number of rotatable bonds is 2. The van der Waals surface area contributed by atoms with Crippen LogP contribution in [0.3, 0.4) is 0 Å². The largest absolute Gasteiger partial charge is 0.507 e. The molecule has 0 amide bonds. The fraction of sp³-hybridized carbons (Fsp3) is 0.650. The number of aliphatic hydroxyl groups is 2. The summed E-state index contributed by atoms with van der Waals surface area (Å²) in [5, 5.41) is 22.2. The molecule has 136 valence electrons. The predicted octanol–water partition coefficient (Wildman–Crippen LogP) is 2.68. The highest BCUT2D eigenvalue weighted by molar-refractivity contribution is 6.51. The number of allylic oxidation sites excluding steroid dienone is 2. The summed E-state index contributed by atoms with van der Waals surface area (Å²) in [6.07, 6.45) is 2.67. The van der Waals surface area contributed by atoms with Crippen molar-refractivity contribution >= 4 is 17.9 Å². The summed E-state index contributed by atoms with van der Waals surface area (Å²) < 4.78 is 0. The molecule has 0 aromatic carbocycles. The second-order valence-electron chi connectivity index (χ2n) is 8.96. The molecule has 2 N–H and O–H groups in total. The molecule has 0 unspecified atom stereocenters. The average Bonchev–Trinajstić information content (AvgIpc) is 2.71. The molecular weight excluding hydrogens is 320 g/mol. The number of Topliss-reactive ketones (excluding diaryl/α,β-unsaturated/α-hetero) is 2. The minimum atomic E-state index is -1.96. The second kappa shape index (κ2) is 5.13. The van der Waals surface area contributed by atoms with Gasteiger partial charge in [-0.15, -0.1) is 0 Å². The Balaban J connectivity index is 2.39. The van der Waals surface area contributed by atoms with E-state index in [-0.39, 0.29) is 28.4 Å². The van der Waals surface area contributed by atoms with Crippen LogP contribution < -0.4 is 0 Å². The molecule has 3 aliphatic rings. The number of ketones is 2. The first-order chi connectivity index (χ1) is 11.4. The summed E-state index contributed by atoms with van der Waals surface area (Å²) in [6.45, 7) is 9.19. The molecule has 5 heteroatoms. The van der Waals surface area contributed by atoms with Crippen molar-refractivity contribution in [3.63, 3.8) is 0 Å². The van der Waals surface area contributed by atoms with Crippen molar-refractivity contribution in [2.75, 3.05) is 0 Å². The first-order valence-electron chi connectivity index (χ1n) is 8.90. The van der Waals surface area contributed by atoms with Gasteiger partial charge >= 0.3 is 0 Å². The minimum absolute atomic E-state index is 0.0101. The maximum absolute atomic E-state index is 13.0. The van der Waals surface area contributed by atoms with E-state index in [1.807, 2.05) is 20.8 Å². The van der Waals surface area contributed by atoms with Gasteiger partial charge in [-0.2, -0.15) is 0 Å². The molecule has 3 atom stereocenters. The van der Waals surface area contributed by atoms with E-state index in [0.29, 0.717) is 12.7 Å². The lowest BCUT2D eigenvalue weighted by Gasteiger charge is -2.51. The Morgan fingerprint density at radius 3 is 2.20 bits per heavy atom. The van der Waals surface area contributed by atoms with Gasteiger partial charge in [0.05, 0.1) is 0 Å². The smallest absolute Gasteiger partial charge is 0.233 e. The Morgan fingerprint density at radius 2 is 1.68 bits per heavy atom. The zero-order valence-electron chi connectivity index (χ0n) is 15.5. The summed E-state index contributed by atoms with van der Waals surface area (Å²) in [5.41, 5.74) is -3.08. The van der Waals surface area contributed by atoms with Crippen molar-refractivity contribution in [2.24, 2.45) is 22.7 Å². The molecule has 0 spiro atoms. The molecule has 3 aliphatic carbocycles. The zero-order valence-corrected chi connectivity index (χ0v) is 15.5. The van der Waals surface area contributed by atoms with Gasteiger partial charge in [0, 0.05) is 28.1 Å². The molecule has 25 heavy (non-hydrogen) atoms. The number of fused-ring (bicyclic) bond motifs is 2. The highest BCUT2D eigenvalue weighted by Gasteiger charge is 2.68. The minimum Gasteiger partial charge on any atom is -0.507 e. The van der Waals surface area contributed by atoms with Crippen LogP contribution in [0.5, 0.6) is 0 Å². The molecular formula is C20H26O5. The molecule has 0 aromatic rings. The van der Waals surface area contributed by atoms with Gasteiger partial charge in [-0.3, -0.25) is 14.4 Å². The van der Waals surface area contributed by atoms with Crippen LogP contribution in [0.15, 0.2) is 22.5 Å². The SMILES string of the molecule is CC(C)C1=C(O)C2=C(C(=O)C1=O)[C@@]1(C)CCCC(C)(C)[C@@H]1[C@@]2(O)C=O. The van der Waals surface area contributed by atoms with Gasteiger partial charge in [0.15, 0.2) is 11.9 Å². The molecule has 0 saturated heterocycles. The highest BCUT2D eigenvalue weighted by Crippen LogP contribution is 2.66. The number of hydrogen-bond acceptors (Lipinski definition) is 5. The van der Waals surface area contributed by atoms with Gasteiger partial charge in [0.1, 0.15) is 5.76 Å². The molecule has 0 heterocycles. The third kappa shape index (κ3) is 2.02. The lowest BCUT2D eigenvalue weighted by Crippen LogP contribution is -2.53. The monoisotopic (exact) mass is 346 g/mol. The van der Waals surface area contributed by atoms with Crippen molar-refractivity contribution in [3.05, 3.63) is 22.5 Å². The first-order valence-corrected chi connectivity index (χ1v) is 8.90. The topological polar surface area (TPSA) is 91.7 Å². The number of aliphatic hydroxyl groups excluding tert-OH is 1. The number of carbonyl (C=O) groups is 3. The Kier molecular flexibility index (Phi) is 3.71. The van der Waals surface area contributed by atoms with Crippen LogP contribution in [0.1, 0.15) is 53.9 Å². The van der Waals surface area contributed by atoms with E-state index >= 15 is 0 Å². The van der Waals surface area contributed by atoms with Crippen molar-refractivity contribution in [2.45, 2.75) is 59.5 Å². The summed E-state index contributed by atoms with van der Waals surface area (Å²) in [4.78, 5) is 37.7. The van der Waals surface area contributed by atoms with E-state index in [4.69, 9.17) is 0 Å². The first kappa shape index (κ1) is 18.1. The van der Waals surface area contributed by atoms with Crippen LogP contribution in [0.2, 0.25) is 0 Å². The molecule has 0 radical (unpaired) electrons. The zero-order chi connectivity index (χ0) is 18.9. The van der Waals surface area contributed by atoms with Crippen LogP contribution >= 0.6 is 0 Å². The predicted molar refractivity (Wildman–Crippen MR) is 91.8 cm³/mol. The third-order valence-electron chi connectivity index (χ3n) is 6.52. The fourth-order valence-corrected chi connectivity index (χ4v) is 5.86. The quantitative estimate of drug-likeness (QED) is 0.456. The molecule has 3 rings (SSSR count). The molecule has 5 nitrogen and oxygen atoms in total. The molecule has 0 aliphatic heterocycles. The van der Waals surface area contributed by atoms with Crippen LogP contribution in [-0.4, -0.2) is 33.7 Å². The average molecular weight is 346 g/mol. The van der Waals surface area contributed by atoms with Gasteiger partial charge in [0.25, 0.3) is 0 Å². The normalized spacial score (nSPS) is 37.5. The molecule has 0 aromatic heterocycles. The van der Waals surface area contributed by atoms with Gasteiger partial charge in [-0.1, -0.05) is 41.0 Å². The Hall–Kier alpha value is -1.75. The number of carbonyl (C=O) groups excluding carboxylic acids is 3. The molecule has 1 fully saturated rings. The van der Waals surface area contributed by atoms with Crippen LogP contribution in [0, 0.1) is 22.7 Å². The van der Waals surface area contributed by atoms with E-state index in [0.717, 1.165) is 12.8 Å². The fourth-order valence-electron chi connectivity index (χ4n) is 5.86. The Bertz CT molecular complexity index is 754. The van der Waals surface area contributed by atoms with Gasteiger partial charge in [-0.05, 0) is 24.2 Å². The second-order valence-corrected chi connectivity index (χ2v) is 8.96. The van der Waals surface area contributed by atoms with Gasteiger partial charge in [0.2, 0.25) is 11.6 Å². The molecule has 0 bridgehead atoms. The van der Waals surface area contributed by atoms with Crippen molar-refractivity contribution in [1.82, 2.24) is 0 Å². The van der Waals surface area contributed by atoms with Crippen molar-refractivity contribution in [3.8, 4) is 0 Å². The lowest BCUT2D eigenvalue weighted by atomic mass is 9.53. The van der Waals surface area contributed by atoms with E-state index < -0.39 is 33.9 Å². The van der Waals surface area contributed by atoms with E-state index in [1.165, 1.54) is 0 Å². The maximum atomic E-state index is 13.0. The summed E-state index contributed by atoms with van der Waals surface area (Å²) in [5.74, 6) is -2.72. The summed E-state index contributed by atoms with van der Waals surface area (Å²) in [7, 11) is 0. The standard InChI is InChI=1S/C20H26O5/c1-10(2)11-14(22)13-12(16(24)15(11)23)19(5)8-6-7-18(3,4)17(19)20(13,25)9-21/h9-10,17,22,25H,6-8H2,1-5H3/t17-,19+,20+/m0/s1. The third-order valence-corrected chi connectivity index (χ3v) is 6.52. The van der Waals surface area contributed by atoms with E-state index in [2.05, 4.69) is 0 Å². The Labute approximate surface area is 147 Å². The maximum Gasteiger partial charge on any atom is 0.233 e. The van der Waals surface area contributed by atoms with Crippen molar-refractivity contribution < 1.29 is 24.6 Å². The van der Waals surface area contributed by atoms with Gasteiger partial charge < -0.3 is 10.2 Å². The summed E-state index contributed by atoms with van der Waals surface area (Å²) >= 11 is 0. The van der Waals surface area contributed by atoms with Crippen molar-refractivity contribution in [1.29, 1.82) is 0 Å². The van der Waals surface area contributed by atoms with E-state index in [9.17, 15) is 24.6 Å². The van der Waals surface area contributed by atoms with Crippen LogP contribution in [0.25, 0.3) is 0 Å².